The van der Waals surface area contributed by atoms with Crippen LogP contribution in [0, 0.1) is 0 Å². The van der Waals surface area contributed by atoms with E-state index in [9.17, 15) is 14.4 Å². The molecule has 3 amide bonds. The average Bonchev–Trinajstić information content (AvgIpc) is 3.18. The molecule has 2 aromatic rings. The summed E-state index contributed by atoms with van der Waals surface area (Å²) < 4.78 is 16.1. The Morgan fingerprint density at radius 1 is 1.24 bits per heavy atom. The van der Waals surface area contributed by atoms with Gasteiger partial charge in [-0.2, -0.15) is 0 Å². The van der Waals surface area contributed by atoms with Crippen LogP contribution in [0.25, 0.3) is 0 Å². The van der Waals surface area contributed by atoms with Crippen LogP contribution in [0.2, 0.25) is 5.02 Å². The average molecular weight is 472 g/mol. The van der Waals surface area contributed by atoms with Gasteiger partial charge in [0.15, 0.2) is 0 Å². The topological polar surface area (TPSA) is 106 Å². The molecule has 0 radical (unpaired) electrons. The summed E-state index contributed by atoms with van der Waals surface area (Å²) in [6.07, 6.45) is 0. The van der Waals surface area contributed by atoms with Gasteiger partial charge in [0.25, 0.3) is 0 Å². The largest absolute Gasteiger partial charge is 0.495 e. The fraction of sp³-hybridized carbons (Fsp3) is 0.261. The zero-order valence-electron chi connectivity index (χ0n) is 18.0. The van der Waals surface area contributed by atoms with Gasteiger partial charge in [-0.15, -0.1) is 0 Å². The minimum Gasteiger partial charge on any atom is -0.495 e. The van der Waals surface area contributed by atoms with Crippen LogP contribution < -0.4 is 20.1 Å². The number of benzene rings is 2. The number of rotatable bonds is 7. The standard InChI is InChI=1S/C23H22ClN3O6/c1-3-32-17-7-5-4-6-14(17)21-20-16(12-33-22(20)29)27(23(30)26-21)11-19(28)25-15-10-13(24)8-9-18(15)31-2/h4-10,21H,3,11-12H2,1-2H3,(H,25,28)(H,26,30)/t21-/m1/s1. The number of para-hydroxylation sites is 1. The summed E-state index contributed by atoms with van der Waals surface area (Å²) in [5.74, 6) is -0.0767. The van der Waals surface area contributed by atoms with Crippen LogP contribution >= 0.6 is 11.6 Å². The summed E-state index contributed by atoms with van der Waals surface area (Å²) in [5.41, 5.74) is 1.61. The van der Waals surface area contributed by atoms with E-state index in [1.54, 1.807) is 36.4 Å². The molecule has 172 valence electrons. The van der Waals surface area contributed by atoms with Gasteiger partial charge in [-0.25, -0.2) is 9.59 Å². The maximum absolute atomic E-state index is 13.0. The number of hydrogen-bond donors (Lipinski definition) is 2. The molecule has 0 fully saturated rings. The van der Waals surface area contributed by atoms with Crippen molar-refractivity contribution in [3.8, 4) is 11.5 Å². The van der Waals surface area contributed by atoms with Crippen molar-refractivity contribution < 1.29 is 28.6 Å². The molecule has 2 N–H and O–H groups in total. The lowest BCUT2D eigenvalue weighted by atomic mass is 9.95. The first kappa shape index (κ1) is 22.5. The monoisotopic (exact) mass is 471 g/mol. The minimum atomic E-state index is -0.752. The van der Waals surface area contributed by atoms with Crippen molar-refractivity contribution in [2.24, 2.45) is 0 Å². The number of urea groups is 1. The summed E-state index contributed by atoms with van der Waals surface area (Å²) in [5, 5.41) is 5.91. The summed E-state index contributed by atoms with van der Waals surface area (Å²) in [6, 6.07) is 10.7. The molecule has 4 rings (SSSR count). The number of nitrogens with zero attached hydrogens (tertiary/aromatic N) is 1. The van der Waals surface area contributed by atoms with Gasteiger partial charge in [0.05, 0.1) is 36.7 Å². The molecule has 0 aliphatic carbocycles. The Balaban J connectivity index is 1.62. The van der Waals surface area contributed by atoms with Crippen molar-refractivity contribution >= 4 is 35.2 Å². The van der Waals surface area contributed by atoms with Crippen LogP contribution in [0.3, 0.4) is 0 Å². The molecule has 0 bridgehead atoms. The first-order valence-electron chi connectivity index (χ1n) is 10.3. The summed E-state index contributed by atoms with van der Waals surface area (Å²) >= 11 is 6.02. The number of halogens is 1. The van der Waals surface area contributed by atoms with Gasteiger partial charge in [0, 0.05) is 10.6 Å². The molecule has 0 unspecified atom stereocenters. The molecule has 1 atom stereocenters. The van der Waals surface area contributed by atoms with Crippen molar-refractivity contribution in [2.75, 3.05) is 32.2 Å². The smallest absolute Gasteiger partial charge is 0.338 e. The number of amides is 3. The SMILES string of the molecule is CCOc1ccccc1[C@H]1NC(=O)N(CC(=O)Nc2cc(Cl)ccc2OC)C2=C1C(=O)OC2. The number of carbonyl (C=O) groups is 3. The van der Waals surface area contributed by atoms with Crippen LogP contribution in [-0.2, 0) is 14.3 Å². The van der Waals surface area contributed by atoms with Gasteiger partial charge in [-0.3, -0.25) is 9.69 Å². The highest BCUT2D eigenvalue weighted by atomic mass is 35.5. The lowest BCUT2D eigenvalue weighted by molar-refractivity contribution is -0.136. The molecule has 0 saturated heterocycles. The van der Waals surface area contributed by atoms with Gasteiger partial charge < -0.3 is 24.8 Å². The first-order chi connectivity index (χ1) is 15.9. The quantitative estimate of drug-likeness (QED) is 0.600. The third-order valence-corrected chi connectivity index (χ3v) is 5.50. The highest BCUT2D eigenvalue weighted by molar-refractivity contribution is 6.31. The van der Waals surface area contributed by atoms with Crippen LogP contribution in [0.1, 0.15) is 18.5 Å². The fourth-order valence-corrected chi connectivity index (χ4v) is 4.00. The molecule has 2 aliphatic heterocycles. The van der Waals surface area contributed by atoms with Gasteiger partial charge in [-0.05, 0) is 31.2 Å². The number of hydrogen-bond acceptors (Lipinski definition) is 6. The molecule has 33 heavy (non-hydrogen) atoms. The Morgan fingerprint density at radius 2 is 2.03 bits per heavy atom. The van der Waals surface area contributed by atoms with Gasteiger partial charge in [-0.1, -0.05) is 29.8 Å². The predicted molar refractivity (Wildman–Crippen MR) is 120 cm³/mol. The van der Waals surface area contributed by atoms with E-state index in [0.29, 0.717) is 40.1 Å². The number of esters is 1. The molecule has 0 aromatic heterocycles. The van der Waals surface area contributed by atoms with E-state index in [-0.39, 0.29) is 18.7 Å². The lowest BCUT2D eigenvalue weighted by Crippen LogP contribution is -2.49. The Kier molecular flexibility index (Phi) is 6.41. The van der Waals surface area contributed by atoms with Crippen molar-refractivity contribution in [1.82, 2.24) is 10.2 Å². The van der Waals surface area contributed by atoms with Crippen molar-refractivity contribution in [2.45, 2.75) is 13.0 Å². The van der Waals surface area contributed by atoms with E-state index in [0.717, 1.165) is 0 Å². The van der Waals surface area contributed by atoms with E-state index >= 15 is 0 Å². The van der Waals surface area contributed by atoms with E-state index in [4.69, 9.17) is 25.8 Å². The van der Waals surface area contributed by atoms with Crippen LogP contribution in [-0.4, -0.2) is 49.7 Å². The highest BCUT2D eigenvalue weighted by Gasteiger charge is 2.43. The normalized spacial score (nSPS) is 17.3. The number of cyclic esters (lactones) is 1. The Bertz CT molecular complexity index is 1150. The second-order valence-electron chi connectivity index (χ2n) is 7.27. The fourth-order valence-electron chi connectivity index (χ4n) is 3.83. The van der Waals surface area contributed by atoms with E-state index in [1.807, 2.05) is 13.0 Å². The number of nitrogens with one attached hydrogen (secondary N) is 2. The number of ether oxygens (including phenoxy) is 3. The predicted octanol–water partition coefficient (Wildman–Crippen LogP) is 3.26. The third-order valence-electron chi connectivity index (χ3n) is 5.27. The van der Waals surface area contributed by atoms with E-state index in [2.05, 4.69) is 10.6 Å². The van der Waals surface area contributed by atoms with Crippen molar-refractivity contribution in [3.63, 3.8) is 0 Å². The van der Waals surface area contributed by atoms with Crippen molar-refractivity contribution in [3.05, 3.63) is 64.3 Å². The zero-order valence-corrected chi connectivity index (χ0v) is 18.8. The zero-order chi connectivity index (χ0) is 23.5. The summed E-state index contributed by atoms with van der Waals surface area (Å²) in [7, 11) is 1.47. The maximum Gasteiger partial charge on any atom is 0.338 e. The Labute approximate surface area is 195 Å². The number of anilines is 1. The second-order valence-corrected chi connectivity index (χ2v) is 7.71. The third kappa shape index (κ3) is 4.45. The first-order valence-corrected chi connectivity index (χ1v) is 10.6. The lowest BCUT2D eigenvalue weighted by Gasteiger charge is -2.33. The van der Waals surface area contributed by atoms with E-state index < -0.39 is 23.9 Å². The molecule has 2 aliphatic rings. The summed E-state index contributed by atoms with van der Waals surface area (Å²) in [4.78, 5) is 39.6. The second kappa shape index (κ2) is 9.41. The molecule has 0 saturated carbocycles. The van der Waals surface area contributed by atoms with E-state index in [1.165, 1.54) is 12.0 Å². The van der Waals surface area contributed by atoms with Gasteiger partial charge in [0.2, 0.25) is 5.91 Å². The van der Waals surface area contributed by atoms with Crippen molar-refractivity contribution in [1.29, 1.82) is 0 Å². The van der Waals surface area contributed by atoms with Gasteiger partial charge >= 0.3 is 12.0 Å². The molecule has 0 spiro atoms. The minimum absolute atomic E-state index is 0.108. The van der Waals surface area contributed by atoms with Crippen LogP contribution in [0.4, 0.5) is 10.5 Å². The Hall–Kier alpha value is -3.72. The molecule has 10 heteroatoms. The van der Waals surface area contributed by atoms with Gasteiger partial charge in [0.1, 0.15) is 24.7 Å². The molecule has 2 heterocycles. The number of carbonyl (C=O) groups excluding carboxylic acids is 3. The number of methoxy groups -OCH3 is 1. The summed E-state index contributed by atoms with van der Waals surface area (Å²) in [6.45, 7) is 1.83. The van der Waals surface area contributed by atoms with Crippen LogP contribution in [0.15, 0.2) is 53.7 Å². The molecule has 2 aromatic carbocycles. The molecular formula is C23H22ClN3O6. The maximum atomic E-state index is 13.0. The molecule has 9 nitrogen and oxygen atoms in total. The molecular weight excluding hydrogens is 450 g/mol. The highest BCUT2D eigenvalue weighted by Crippen LogP contribution is 2.38. The van der Waals surface area contributed by atoms with Crippen LogP contribution in [0.5, 0.6) is 11.5 Å². The Morgan fingerprint density at radius 3 is 2.79 bits per heavy atom.